The van der Waals surface area contributed by atoms with Gasteiger partial charge in [-0.25, -0.2) is 4.79 Å². The zero-order valence-corrected chi connectivity index (χ0v) is 12.2. The van der Waals surface area contributed by atoms with Crippen LogP contribution < -0.4 is 11.1 Å². The molecule has 1 fully saturated rings. The fourth-order valence-electron chi connectivity index (χ4n) is 2.35. The summed E-state index contributed by atoms with van der Waals surface area (Å²) in [5, 5.41) is 2.42. The highest BCUT2D eigenvalue weighted by molar-refractivity contribution is 5.89. The number of primary amides is 1. The van der Waals surface area contributed by atoms with Gasteiger partial charge in [0, 0.05) is 6.54 Å². The van der Waals surface area contributed by atoms with Gasteiger partial charge in [-0.05, 0) is 18.4 Å². The molecular weight excluding hydrogens is 286 g/mol. The quantitative estimate of drug-likeness (QED) is 0.821. The van der Waals surface area contributed by atoms with Crippen LogP contribution in [0.3, 0.4) is 0 Å². The molecule has 3 N–H and O–H groups in total. The number of likely N-dealkylation sites (tertiary alicyclic amines) is 1. The molecule has 0 radical (unpaired) electrons. The molecule has 1 saturated heterocycles. The van der Waals surface area contributed by atoms with Gasteiger partial charge in [0.05, 0.1) is 6.54 Å². The zero-order chi connectivity index (χ0) is 15.9. The van der Waals surface area contributed by atoms with E-state index in [1.165, 1.54) is 4.90 Å². The Morgan fingerprint density at radius 3 is 2.68 bits per heavy atom. The van der Waals surface area contributed by atoms with E-state index in [0.717, 1.165) is 12.0 Å². The van der Waals surface area contributed by atoms with Crippen LogP contribution in [0.2, 0.25) is 0 Å². The molecule has 0 bridgehead atoms. The summed E-state index contributed by atoms with van der Waals surface area (Å²) in [5.74, 6) is -1.00. The summed E-state index contributed by atoms with van der Waals surface area (Å²) in [6, 6.07) is 8.70. The number of nitrogens with zero attached hydrogens (tertiary/aromatic N) is 1. The van der Waals surface area contributed by atoms with Gasteiger partial charge in [-0.2, -0.15) is 0 Å². The van der Waals surface area contributed by atoms with Gasteiger partial charge in [-0.3, -0.25) is 14.5 Å². The maximum Gasteiger partial charge on any atom is 0.410 e. The third kappa shape index (κ3) is 4.21. The molecule has 7 heteroatoms. The Labute approximate surface area is 128 Å². The number of carbonyl (C=O) groups excluding carboxylic acids is 3. The third-order valence-corrected chi connectivity index (χ3v) is 3.43. The summed E-state index contributed by atoms with van der Waals surface area (Å²) in [6.07, 6.45) is 0.737. The zero-order valence-electron chi connectivity index (χ0n) is 12.2. The van der Waals surface area contributed by atoms with E-state index in [2.05, 4.69) is 5.32 Å². The van der Waals surface area contributed by atoms with E-state index in [0.29, 0.717) is 13.0 Å². The maximum absolute atomic E-state index is 12.1. The van der Waals surface area contributed by atoms with Crippen LogP contribution in [-0.4, -0.2) is 41.9 Å². The van der Waals surface area contributed by atoms with Crippen molar-refractivity contribution in [1.29, 1.82) is 0 Å². The summed E-state index contributed by atoms with van der Waals surface area (Å²) in [6.45, 7) is 0.385. The molecule has 118 valence electrons. The molecule has 1 atom stereocenters. The molecule has 2 rings (SSSR count). The van der Waals surface area contributed by atoms with Crippen LogP contribution in [0.25, 0.3) is 0 Å². The smallest absolute Gasteiger partial charge is 0.410 e. The SMILES string of the molecule is NC(=O)CNC(=O)C1CCCN1C(=O)OCc1ccccc1. The lowest BCUT2D eigenvalue weighted by molar-refractivity contribution is -0.127. The molecule has 0 aromatic heterocycles. The lowest BCUT2D eigenvalue weighted by atomic mass is 10.2. The Morgan fingerprint density at radius 2 is 2.00 bits per heavy atom. The van der Waals surface area contributed by atoms with Crippen molar-refractivity contribution in [3.05, 3.63) is 35.9 Å². The summed E-state index contributed by atoms with van der Waals surface area (Å²) >= 11 is 0. The molecule has 0 aliphatic carbocycles. The van der Waals surface area contributed by atoms with Gasteiger partial charge in [-0.15, -0.1) is 0 Å². The van der Waals surface area contributed by atoms with Crippen molar-refractivity contribution in [2.75, 3.05) is 13.1 Å². The first-order chi connectivity index (χ1) is 10.6. The van der Waals surface area contributed by atoms with Crippen LogP contribution in [0.4, 0.5) is 4.79 Å². The number of carbonyl (C=O) groups is 3. The van der Waals surface area contributed by atoms with Gasteiger partial charge in [0.25, 0.3) is 0 Å². The Kier molecular flexibility index (Phi) is 5.35. The molecule has 0 spiro atoms. The van der Waals surface area contributed by atoms with Crippen LogP contribution in [0.15, 0.2) is 30.3 Å². The second kappa shape index (κ2) is 7.44. The molecule has 1 heterocycles. The Balaban J connectivity index is 1.87. The minimum Gasteiger partial charge on any atom is -0.445 e. The molecule has 0 saturated carbocycles. The van der Waals surface area contributed by atoms with E-state index >= 15 is 0 Å². The average molecular weight is 305 g/mol. The van der Waals surface area contributed by atoms with Crippen molar-refractivity contribution >= 4 is 17.9 Å². The summed E-state index contributed by atoms with van der Waals surface area (Å²) in [4.78, 5) is 36.2. The first-order valence-electron chi connectivity index (χ1n) is 7.11. The number of benzene rings is 1. The maximum atomic E-state index is 12.1. The van der Waals surface area contributed by atoms with Gasteiger partial charge < -0.3 is 15.8 Å². The number of nitrogens with one attached hydrogen (secondary N) is 1. The van der Waals surface area contributed by atoms with E-state index in [1.807, 2.05) is 30.3 Å². The highest BCUT2D eigenvalue weighted by Gasteiger charge is 2.35. The summed E-state index contributed by atoms with van der Waals surface area (Å²) in [7, 11) is 0. The van der Waals surface area contributed by atoms with Gasteiger partial charge >= 0.3 is 6.09 Å². The molecule has 7 nitrogen and oxygen atoms in total. The third-order valence-electron chi connectivity index (χ3n) is 3.43. The highest BCUT2D eigenvalue weighted by atomic mass is 16.6. The van der Waals surface area contributed by atoms with Crippen LogP contribution in [0.5, 0.6) is 0 Å². The molecule has 1 aromatic rings. The standard InChI is InChI=1S/C15H19N3O4/c16-13(19)9-17-14(20)12-7-4-8-18(12)15(21)22-10-11-5-2-1-3-6-11/h1-3,5-6,12H,4,7-10H2,(H2,16,19)(H,17,20). The van der Waals surface area contributed by atoms with Gasteiger partial charge in [0.1, 0.15) is 12.6 Å². The molecule has 22 heavy (non-hydrogen) atoms. The molecule has 1 aromatic carbocycles. The minimum absolute atomic E-state index is 0.159. The van der Waals surface area contributed by atoms with Crippen molar-refractivity contribution in [2.24, 2.45) is 5.73 Å². The second-order valence-corrected chi connectivity index (χ2v) is 5.08. The van der Waals surface area contributed by atoms with E-state index < -0.39 is 18.0 Å². The van der Waals surface area contributed by atoms with Crippen LogP contribution in [-0.2, 0) is 20.9 Å². The Hall–Kier alpha value is -2.57. The summed E-state index contributed by atoms with van der Waals surface area (Å²) < 4.78 is 5.23. The van der Waals surface area contributed by atoms with E-state index in [-0.39, 0.29) is 19.1 Å². The molecule has 1 aliphatic rings. The fraction of sp³-hybridized carbons (Fsp3) is 0.400. The lowest BCUT2D eigenvalue weighted by Crippen LogP contribution is -2.47. The normalized spacial score (nSPS) is 17.1. The molecule has 1 aliphatic heterocycles. The highest BCUT2D eigenvalue weighted by Crippen LogP contribution is 2.19. The van der Waals surface area contributed by atoms with E-state index in [4.69, 9.17) is 10.5 Å². The second-order valence-electron chi connectivity index (χ2n) is 5.08. The number of ether oxygens (including phenoxy) is 1. The topological polar surface area (TPSA) is 102 Å². The first-order valence-corrected chi connectivity index (χ1v) is 7.11. The number of nitrogens with two attached hydrogens (primary N) is 1. The predicted octanol–water partition coefficient (Wildman–Crippen LogP) is 0.389. The van der Waals surface area contributed by atoms with Crippen molar-refractivity contribution in [2.45, 2.75) is 25.5 Å². The lowest BCUT2D eigenvalue weighted by Gasteiger charge is -2.23. The van der Waals surface area contributed by atoms with Crippen LogP contribution in [0.1, 0.15) is 18.4 Å². The Bertz CT molecular complexity index is 547. The van der Waals surface area contributed by atoms with E-state index in [1.54, 1.807) is 0 Å². The molecular formula is C15H19N3O4. The largest absolute Gasteiger partial charge is 0.445 e. The van der Waals surface area contributed by atoms with Crippen molar-refractivity contribution in [1.82, 2.24) is 10.2 Å². The van der Waals surface area contributed by atoms with E-state index in [9.17, 15) is 14.4 Å². The molecule has 3 amide bonds. The number of amides is 3. The number of hydrogen-bond donors (Lipinski definition) is 2. The van der Waals surface area contributed by atoms with Crippen LogP contribution >= 0.6 is 0 Å². The van der Waals surface area contributed by atoms with Crippen LogP contribution in [0, 0.1) is 0 Å². The number of hydrogen-bond acceptors (Lipinski definition) is 4. The van der Waals surface area contributed by atoms with Crippen molar-refractivity contribution in [3.8, 4) is 0 Å². The number of rotatable bonds is 5. The molecule has 1 unspecified atom stereocenters. The van der Waals surface area contributed by atoms with Gasteiger partial charge in [-0.1, -0.05) is 30.3 Å². The first kappa shape index (κ1) is 15.8. The monoisotopic (exact) mass is 305 g/mol. The van der Waals surface area contributed by atoms with Gasteiger partial charge in [0.15, 0.2) is 0 Å². The van der Waals surface area contributed by atoms with Crippen molar-refractivity contribution < 1.29 is 19.1 Å². The average Bonchev–Trinajstić information content (AvgIpc) is 3.01. The fourth-order valence-corrected chi connectivity index (χ4v) is 2.35. The minimum atomic E-state index is -0.621. The summed E-state index contributed by atoms with van der Waals surface area (Å²) in [5.41, 5.74) is 5.87. The van der Waals surface area contributed by atoms with Gasteiger partial charge in [0.2, 0.25) is 11.8 Å². The Morgan fingerprint density at radius 1 is 1.27 bits per heavy atom. The van der Waals surface area contributed by atoms with Crippen molar-refractivity contribution in [3.63, 3.8) is 0 Å². The predicted molar refractivity (Wildman–Crippen MR) is 78.6 cm³/mol.